The molecule has 208 valence electrons. The normalized spacial score (nSPS) is 12.5. The molecule has 3 aromatic rings. The molecule has 3 aromatic carbocycles. The maximum atomic E-state index is 13.9. The van der Waals surface area contributed by atoms with Crippen molar-refractivity contribution in [3.05, 3.63) is 95.3 Å². The van der Waals surface area contributed by atoms with Gasteiger partial charge >= 0.3 is 0 Å². The van der Waals surface area contributed by atoms with Crippen molar-refractivity contribution in [2.45, 2.75) is 64.6 Å². The number of hydrogen-bond acceptors (Lipinski definition) is 4. The number of carbonyl (C=O) groups excluding carboxylic acids is 2. The van der Waals surface area contributed by atoms with Gasteiger partial charge in [-0.1, -0.05) is 48.0 Å². The Morgan fingerprint density at radius 2 is 1.56 bits per heavy atom. The van der Waals surface area contributed by atoms with Crippen LogP contribution in [0, 0.1) is 19.7 Å². The molecule has 0 heterocycles. The zero-order valence-electron chi connectivity index (χ0n) is 23.2. The molecule has 39 heavy (non-hydrogen) atoms. The van der Waals surface area contributed by atoms with Crippen molar-refractivity contribution in [3.8, 4) is 0 Å². The molecule has 3 rings (SSSR count). The smallest absolute Gasteiger partial charge is 0.264 e. The molecule has 0 bridgehead atoms. The third-order valence-electron chi connectivity index (χ3n) is 6.16. The Labute approximate surface area is 230 Å². The number of hydrogen-bond donors (Lipinski definition) is 1. The van der Waals surface area contributed by atoms with Gasteiger partial charge in [-0.15, -0.1) is 0 Å². The van der Waals surface area contributed by atoms with Gasteiger partial charge in [0, 0.05) is 12.1 Å². The maximum Gasteiger partial charge on any atom is 0.264 e. The maximum absolute atomic E-state index is 13.9. The van der Waals surface area contributed by atoms with E-state index in [4.69, 9.17) is 0 Å². The number of rotatable bonds is 9. The second kappa shape index (κ2) is 12.0. The molecule has 0 radical (unpaired) electrons. The van der Waals surface area contributed by atoms with Crippen LogP contribution in [0.15, 0.2) is 77.7 Å². The highest BCUT2D eigenvalue weighted by molar-refractivity contribution is 7.92. The van der Waals surface area contributed by atoms with E-state index in [0.29, 0.717) is 16.8 Å². The third kappa shape index (κ3) is 7.66. The van der Waals surface area contributed by atoms with Gasteiger partial charge in [-0.3, -0.25) is 13.9 Å². The Bertz CT molecular complexity index is 1420. The lowest BCUT2D eigenvalue weighted by molar-refractivity contribution is -0.140. The summed E-state index contributed by atoms with van der Waals surface area (Å²) in [6, 6.07) is 17.9. The molecule has 9 heteroatoms. The van der Waals surface area contributed by atoms with E-state index in [2.05, 4.69) is 5.32 Å². The second-order valence-corrected chi connectivity index (χ2v) is 12.5. The van der Waals surface area contributed by atoms with Gasteiger partial charge in [-0.05, 0) is 83.0 Å². The van der Waals surface area contributed by atoms with Crippen LogP contribution < -0.4 is 9.62 Å². The van der Waals surface area contributed by atoms with Crippen LogP contribution in [-0.2, 0) is 26.2 Å². The van der Waals surface area contributed by atoms with Crippen LogP contribution in [0.3, 0.4) is 0 Å². The monoisotopic (exact) mass is 553 g/mol. The van der Waals surface area contributed by atoms with Gasteiger partial charge in [0.15, 0.2) is 0 Å². The molecule has 0 unspecified atom stereocenters. The number of aryl methyl sites for hydroxylation is 2. The molecule has 7 nitrogen and oxygen atoms in total. The SMILES string of the molecule is Cc1ccc(N(CC(=O)N(Cc2ccc(F)cc2)[C@@H](C)C(=O)NC(C)(C)C)S(=O)(=O)c2ccccc2)c(C)c1. The molecular weight excluding hydrogens is 517 g/mol. The number of sulfonamides is 1. The molecule has 0 aliphatic rings. The number of anilines is 1. The van der Waals surface area contributed by atoms with Crippen molar-refractivity contribution in [3.63, 3.8) is 0 Å². The minimum absolute atomic E-state index is 0.00997. The minimum Gasteiger partial charge on any atom is -0.350 e. The van der Waals surface area contributed by atoms with Gasteiger partial charge in [0.1, 0.15) is 18.4 Å². The quantitative estimate of drug-likeness (QED) is 0.405. The Morgan fingerprint density at radius 1 is 0.949 bits per heavy atom. The highest BCUT2D eigenvalue weighted by Gasteiger charge is 2.33. The molecule has 0 fully saturated rings. The lowest BCUT2D eigenvalue weighted by Gasteiger charge is -2.34. The lowest BCUT2D eigenvalue weighted by Crippen LogP contribution is -2.54. The van der Waals surface area contributed by atoms with E-state index in [1.807, 2.05) is 33.8 Å². The average molecular weight is 554 g/mol. The van der Waals surface area contributed by atoms with E-state index in [1.165, 1.54) is 41.3 Å². The first-order valence-corrected chi connectivity index (χ1v) is 14.1. The largest absolute Gasteiger partial charge is 0.350 e. The van der Waals surface area contributed by atoms with Crippen molar-refractivity contribution in [1.29, 1.82) is 0 Å². The second-order valence-electron chi connectivity index (χ2n) is 10.7. The molecule has 0 aliphatic carbocycles. The van der Waals surface area contributed by atoms with E-state index in [0.717, 1.165) is 9.87 Å². The number of nitrogens with zero attached hydrogens (tertiary/aromatic N) is 2. The number of benzene rings is 3. The molecular formula is C30H36FN3O4S. The number of amides is 2. The molecule has 0 aromatic heterocycles. The van der Waals surface area contributed by atoms with E-state index in [1.54, 1.807) is 44.2 Å². The van der Waals surface area contributed by atoms with Crippen LogP contribution in [0.2, 0.25) is 0 Å². The first-order valence-electron chi connectivity index (χ1n) is 12.7. The van der Waals surface area contributed by atoms with Crippen LogP contribution in [0.1, 0.15) is 44.4 Å². The first kappa shape index (κ1) is 29.8. The summed E-state index contributed by atoms with van der Waals surface area (Å²) in [4.78, 5) is 28.4. The predicted octanol–water partition coefficient (Wildman–Crippen LogP) is 4.97. The lowest BCUT2D eigenvalue weighted by atomic mass is 10.1. The molecule has 0 saturated heterocycles. The highest BCUT2D eigenvalue weighted by atomic mass is 32.2. The number of halogens is 1. The third-order valence-corrected chi connectivity index (χ3v) is 7.94. The molecule has 1 N–H and O–H groups in total. The van der Waals surface area contributed by atoms with Crippen LogP contribution >= 0.6 is 0 Å². The molecule has 1 atom stereocenters. The fraction of sp³-hybridized carbons (Fsp3) is 0.333. The Hall–Kier alpha value is -3.72. The first-order chi connectivity index (χ1) is 18.2. The zero-order valence-corrected chi connectivity index (χ0v) is 24.0. The van der Waals surface area contributed by atoms with Gasteiger partial charge < -0.3 is 10.2 Å². The summed E-state index contributed by atoms with van der Waals surface area (Å²) in [7, 11) is -4.14. The van der Waals surface area contributed by atoms with Crippen molar-refractivity contribution in [2.75, 3.05) is 10.8 Å². The molecule has 2 amide bonds. The Morgan fingerprint density at radius 3 is 2.13 bits per heavy atom. The van der Waals surface area contributed by atoms with Crippen LogP contribution in [0.4, 0.5) is 10.1 Å². The van der Waals surface area contributed by atoms with Crippen molar-refractivity contribution < 1.29 is 22.4 Å². The topological polar surface area (TPSA) is 86.8 Å². The predicted molar refractivity (Wildman–Crippen MR) is 151 cm³/mol. The fourth-order valence-corrected chi connectivity index (χ4v) is 5.66. The summed E-state index contributed by atoms with van der Waals surface area (Å²) in [6.45, 7) is 10.2. The zero-order chi connectivity index (χ0) is 29.0. The summed E-state index contributed by atoms with van der Waals surface area (Å²) < 4.78 is 42.3. The van der Waals surface area contributed by atoms with E-state index in [9.17, 15) is 22.4 Å². The van der Waals surface area contributed by atoms with E-state index in [-0.39, 0.29) is 17.3 Å². The summed E-state index contributed by atoms with van der Waals surface area (Å²) in [5, 5.41) is 2.88. The van der Waals surface area contributed by atoms with E-state index < -0.39 is 39.9 Å². The van der Waals surface area contributed by atoms with Gasteiger partial charge in [-0.2, -0.15) is 0 Å². The summed E-state index contributed by atoms with van der Waals surface area (Å²) in [5.41, 5.74) is 2.06. The summed E-state index contributed by atoms with van der Waals surface area (Å²) in [5.74, 6) is -1.39. The van der Waals surface area contributed by atoms with Gasteiger partial charge in [-0.25, -0.2) is 12.8 Å². The number of nitrogens with one attached hydrogen (secondary N) is 1. The average Bonchev–Trinajstić information content (AvgIpc) is 2.86. The van der Waals surface area contributed by atoms with Gasteiger partial charge in [0.2, 0.25) is 11.8 Å². The van der Waals surface area contributed by atoms with Crippen LogP contribution in [0.5, 0.6) is 0 Å². The standard InChI is InChI=1S/C30H36FN3O4S/c1-21-12-17-27(22(2)18-21)34(39(37,38)26-10-8-7-9-11-26)20-28(35)33(19-24-13-15-25(31)16-14-24)23(3)29(36)32-30(4,5)6/h7-18,23H,19-20H2,1-6H3,(H,32,36)/t23-/m0/s1. The van der Waals surface area contributed by atoms with Crippen molar-refractivity contribution >= 4 is 27.5 Å². The van der Waals surface area contributed by atoms with Gasteiger partial charge in [0.25, 0.3) is 10.0 Å². The van der Waals surface area contributed by atoms with Crippen molar-refractivity contribution in [1.82, 2.24) is 10.2 Å². The van der Waals surface area contributed by atoms with Crippen molar-refractivity contribution in [2.24, 2.45) is 0 Å². The highest BCUT2D eigenvalue weighted by Crippen LogP contribution is 2.28. The fourth-order valence-electron chi connectivity index (χ4n) is 4.16. The number of carbonyl (C=O) groups is 2. The van der Waals surface area contributed by atoms with Gasteiger partial charge in [0.05, 0.1) is 10.6 Å². The van der Waals surface area contributed by atoms with E-state index >= 15 is 0 Å². The van der Waals surface area contributed by atoms with Crippen LogP contribution in [0.25, 0.3) is 0 Å². The summed E-state index contributed by atoms with van der Waals surface area (Å²) >= 11 is 0. The van der Waals surface area contributed by atoms with Crippen LogP contribution in [-0.4, -0.2) is 43.3 Å². The molecule has 0 spiro atoms. The Kier molecular flexibility index (Phi) is 9.17. The molecule has 0 aliphatic heterocycles. The summed E-state index contributed by atoms with van der Waals surface area (Å²) in [6.07, 6.45) is 0. The Balaban J connectivity index is 2.05. The molecule has 0 saturated carbocycles. The minimum atomic E-state index is -4.14.